The summed E-state index contributed by atoms with van der Waals surface area (Å²) in [4.78, 5) is 14.2. The van der Waals surface area contributed by atoms with Gasteiger partial charge in [-0.25, -0.2) is 10.6 Å². The topological polar surface area (TPSA) is 77.2 Å². The molecule has 0 aromatic carbocycles. The molecule has 0 spiro atoms. The van der Waals surface area contributed by atoms with E-state index in [1.54, 1.807) is 12.1 Å². The van der Waals surface area contributed by atoms with Crippen LogP contribution in [0.4, 0.5) is 4.79 Å². The van der Waals surface area contributed by atoms with Crippen molar-refractivity contribution in [2.75, 3.05) is 0 Å². The zero-order chi connectivity index (χ0) is 8.10. The molecule has 0 fully saturated rings. The molecule has 1 rings (SSSR count). The molecular weight excluding hydrogens is 146 g/mol. The first kappa shape index (κ1) is 7.49. The van der Waals surface area contributed by atoms with Crippen molar-refractivity contribution in [2.45, 2.75) is 0 Å². The Morgan fingerprint density at radius 3 is 2.73 bits per heavy atom. The van der Waals surface area contributed by atoms with Crippen LogP contribution in [0.2, 0.25) is 0 Å². The van der Waals surface area contributed by atoms with Gasteiger partial charge >= 0.3 is 6.09 Å². The van der Waals surface area contributed by atoms with Gasteiger partial charge in [-0.1, -0.05) is 0 Å². The number of hydrazine groups is 1. The van der Waals surface area contributed by atoms with E-state index in [0.29, 0.717) is 5.75 Å². The SMILES string of the molecule is NNC(=O)Oc1ccncc1. The quantitative estimate of drug-likeness (QED) is 0.339. The molecule has 0 aliphatic heterocycles. The number of nitrogens with two attached hydrogens (primary N) is 1. The highest BCUT2D eigenvalue weighted by Gasteiger charge is 1.98. The molecule has 3 N–H and O–H groups in total. The van der Waals surface area contributed by atoms with Crippen LogP contribution >= 0.6 is 0 Å². The van der Waals surface area contributed by atoms with Crippen LogP contribution in [0.25, 0.3) is 0 Å². The zero-order valence-corrected chi connectivity index (χ0v) is 5.65. The fraction of sp³-hybridized carbons (Fsp3) is 0. The van der Waals surface area contributed by atoms with Gasteiger partial charge in [0.05, 0.1) is 0 Å². The van der Waals surface area contributed by atoms with E-state index in [9.17, 15) is 4.79 Å². The van der Waals surface area contributed by atoms with Crippen LogP contribution in [0.5, 0.6) is 5.75 Å². The average Bonchev–Trinajstić information content (AvgIpc) is 2.06. The molecule has 11 heavy (non-hydrogen) atoms. The van der Waals surface area contributed by atoms with E-state index in [1.807, 2.05) is 5.43 Å². The third-order valence-electron chi connectivity index (χ3n) is 0.978. The molecular formula is C6H7N3O2. The lowest BCUT2D eigenvalue weighted by Gasteiger charge is -2.00. The second kappa shape index (κ2) is 3.52. The average molecular weight is 153 g/mol. The minimum absolute atomic E-state index is 0.406. The van der Waals surface area contributed by atoms with Crippen molar-refractivity contribution in [3.05, 3.63) is 24.5 Å². The molecule has 5 heteroatoms. The van der Waals surface area contributed by atoms with Crippen LogP contribution in [-0.2, 0) is 0 Å². The highest BCUT2D eigenvalue weighted by atomic mass is 16.6. The highest BCUT2D eigenvalue weighted by molar-refractivity contribution is 5.69. The molecule has 0 saturated heterocycles. The second-order valence-corrected chi connectivity index (χ2v) is 1.72. The van der Waals surface area contributed by atoms with Crippen LogP contribution in [-0.4, -0.2) is 11.1 Å². The number of carbonyl (C=O) groups excluding carboxylic acids is 1. The molecule has 0 atom stereocenters. The predicted molar refractivity (Wildman–Crippen MR) is 37.6 cm³/mol. The van der Waals surface area contributed by atoms with Crippen LogP contribution in [0.15, 0.2) is 24.5 Å². The lowest BCUT2D eigenvalue weighted by Crippen LogP contribution is -2.32. The van der Waals surface area contributed by atoms with Crippen molar-refractivity contribution < 1.29 is 9.53 Å². The standard InChI is InChI=1S/C6H7N3O2/c7-9-6(10)11-5-1-3-8-4-2-5/h1-4H,7H2,(H,9,10). The Balaban J connectivity index is 2.58. The monoisotopic (exact) mass is 153 g/mol. The summed E-state index contributed by atoms with van der Waals surface area (Å²) < 4.78 is 4.65. The van der Waals surface area contributed by atoms with Crippen LogP contribution in [0, 0.1) is 0 Å². The molecule has 58 valence electrons. The van der Waals surface area contributed by atoms with Crippen molar-refractivity contribution in [3.8, 4) is 5.75 Å². The van der Waals surface area contributed by atoms with E-state index < -0.39 is 6.09 Å². The Hall–Kier alpha value is -1.62. The highest BCUT2D eigenvalue weighted by Crippen LogP contribution is 2.05. The number of aromatic nitrogens is 1. The summed E-state index contributed by atoms with van der Waals surface area (Å²) in [7, 11) is 0. The molecule has 0 radical (unpaired) electrons. The van der Waals surface area contributed by atoms with Gasteiger partial charge < -0.3 is 4.74 Å². The van der Waals surface area contributed by atoms with Gasteiger partial charge in [0.2, 0.25) is 0 Å². The molecule has 1 aromatic heterocycles. The maximum Gasteiger partial charge on any atom is 0.426 e. The van der Waals surface area contributed by atoms with Crippen LogP contribution < -0.4 is 16.0 Å². The van der Waals surface area contributed by atoms with Gasteiger partial charge in [0.25, 0.3) is 0 Å². The van der Waals surface area contributed by atoms with Crippen molar-refractivity contribution in [1.82, 2.24) is 10.4 Å². The number of rotatable bonds is 1. The smallest absolute Gasteiger partial charge is 0.409 e. The number of carbonyl (C=O) groups is 1. The second-order valence-electron chi connectivity index (χ2n) is 1.72. The fourth-order valence-corrected chi connectivity index (χ4v) is 0.543. The van der Waals surface area contributed by atoms with E-state index in [-0.39, 0.29) is 0 Å². The van der Waals surface area contributed by atoms with Gasteiger partial charge in [-0.3, -0.25) is 10.4 Å². The maximum absolute atomic E-state index is 10.5. The van der Waals surface area contributed by atoms with Gasteiger partial charge in [-0.05, 0) is 12.1 Å². The molecule has 0 unspecified atom stereocenters. The first-order chi connectivity index (χ1) is 5.33. The number of pyridine rings is 1. The van der Waals surface area contributed by atoms with E-state index in [2.05, 4.69) is 9.72 Å². The van der Waals surface area contributed by atoms with Crippen molar-refractivity contribution >= 4 is 6.09 Å². The minimum atomic E-state index is -0.698. The van der Waals surface area contributed by atoms with Crippen molar-refractivity contribution in [2.24, 2.45) is 5.84 Å². The molecule has 1 aromatic rings. The summed E-state index contributed by atoms with van der Waals surface area (Å²) in [5, 5.41) is 0. The minimum Gasteiger partial charge on any atom is -0.409 e. The third-order valence-corrected chi connectivity index (χ3v) is 0.978. The van der Waals surface area contributed by atoms with Gasteiger partial charge in [0.15, 0.2) is 0 Å². The number of nitrogens with zero attached hydrogens (tertiary/aromatic N) is 1. The van der Waals surface area contributed by atoms with Gasteiger partial charge in [-0.15, -0.1) is 0 Å². The number of hydrogen-bond donors (Lipinski definition) is 2. The summed E-state index contributed by atoms with van der Waals surface area (Å²) in [6.45, 7) is 0. The Bertz CT molecular complexity index is 237. The molecule has 0 saturated carbocycles. The molecule has 0 aliphatic carbocycles. The Morgan fingerprint density at radius 1 is 1.55 bits per heavy atom. The van der Waals surface area contributed by atoms with Gasteiger partial charge in [0.1, 0.15) is 5.75 Å². The Kier molecular flexibility index (Phi) is 2.40. The number of nitrogens with one attached hydrogen (secondary N) is 1. The lowest BCUT2D eigenvalue weighted by molar-refractivity contribution is 0.200. The zero-order valence-electron chi connectivity index (χ0n) is 5.65. The van der Waals surface area contributed by atoms with Gasteiger partial charge in [0, 0.05) is 12.4 Å². The first-order valence-electron chi connectivity index (χ1n) is 2.91. The van der Waals surface area contributed by atoms with Crippen LogP contribution in [0.3, 0.4) is 0 Å². The molecule has 0 bridgehead atoms. The fourth-order valence-electron chi connectivity index (χ4n) is 0.543. The summed E-state index contributed by atoms with van der Waals surface area (Å²) in [6.07, 6.45) is 2.33. The van der Waals surface area contributed by atoms with Crippen molar-refractivity contribution in [3.63, 3.8) is 0 Å². The summed E-state index contributed by atoms with van der Waals surface area (Å²) >= 11 is 0. The van der Waals surface area contributed by atoms with E-state index in [1.165, 1.54) is 12.4 Å². The number of hydrogen-bond acceptors (Lipinski definition) is 4. The predicted octanol–water partition coefficient (Wildman–Crippen LogP) is 0.0437. The van der Waals surface area contributed by atoms with Crippen molar-refractivity contribution in [1.29, 1.82) is 0 Å². The van der Waals surface area contributed by atoms with Crippen LogP contribution in [0.1, 0.15) is 0 Å². The summed E-state index contributed by atoms with van der Waals surface area (Å²) in [6, 6.07) is 3.10. The number of amides is 1. The Morgan fingerprint density at radius 2 is 2.18 bits per heavy atom. The largest absolute Gasteiger partial charge is 0.426 e. The third kappa shape index (κ3) is 2.23. The molecule has 0 aliphatic rings. The normalized spacial score (nSPS) is 8.82. The van der Waals surface area contributed by atoms with E-state index in [4.69, 9.17) is 5.84 Å². The molecule has 1 amide bonds. The first-order valence-corrected chi connectivity index (χ1v) is 2.91. The van der Waals surface area contributed by atoms with Gasteiger partial charge in [-0.2, -0.15) is 0 Å². The summed E-state index contributed by atoms with van der Waals surface area (Å²) in [5.74, 6) is 5.19. The summed E-state index contributed by atoms with van der Waals surface area (Å²) in [5.41, 5.74) is 1.83. The van der Waals surface area contributed by atoms with E-state index >= 15 is 0 Å². The number of ether oxygens (including phenoxy) is 1. The maximum atomic E-state index is 10.5. The lowest BCUT2D eigenvalue weighted by atomic mass is 10.5. The Labute approximate surface area is 63.2 Å². The molecule has 5 nitrogen and oxygen atoms in total. The van der Waals surface area contributed by atoms with E-state index in [0.717, 1.165) is 0 Å². The molecule has 1 heterocycles.